The topological polar surface area (TPSA) is 44.9 Å². The van der Waals surface area contributed by atoms with Crippen LogP contribution < -0.4 is 0 Å². The molecule has 110 valence electrons. The summed E-state index contributed by atoms with van der Waals surface area (Å²) in [7, 11) is 0. The zero-order valence-corrected chi connectivity index (χ0v) is 12.6. The second-order valence-electron chi connectivity index (χ2n) is 5.79. The van der Waals surface area contributed by atoms with Crippen LogP contribution in [0.15, 0.2) is 24.3 Å². The van der Waals surface area contributed by atoms with Gasteiger partial charge < -0.3 is 4.57 Å². The highest BCUT2D eigenvalue weighted by Crippen LogP contribution is 2.27. The lowest BCUT2D eigenvalue weighted by Gasteiger charge is -2.32. The number of fused-ring (bicyclic) bond motifs is 1. The minimum Gasteiger partial charge on any atom is -0.326 e. The molecule has 1 aromatic carbocycles. The molecule has 1 atom stereocenters. The van der Waals surface area contributed by atoms with Crippen molar-refractivity contribution in [2.45, 2.75) is 45.2 Å². The summed E-state index contributed by atoms with van der Waals surface area (Å²) in [5.74, 6) is 1.10. The number of rotatable bonds is 4. The fraction of sp³-hybridized carbons (Fsp3) is 0.529. The van der Waals surface area contributed by atoms with Gasteiger partial charge in [0.2, 0.25) is 0 Å². The van der Waals surface area contributed by atoms with Crippen molar-refractivity contribution in [3.05, 3.63) is 30.1 Å². The molecule has 4 heteroatoms. The number of nitrogens with zero attached hydrogens (tertiary/aromatic N) is 4. The zero-order chi connectivity index (χ0) is 14.7. The molecular weight excluding hydrogens is 260 g/mol. The van der Waals surface area contributed by atoms with Gasteiger partial charge in [0.25, 0.3) is 0 Å². The number of hydrogen-bond acceptors (Lipinski definition) is 3. The van der Waals surface area contributed by atoms with Gasteiger partial charge in [-0.1, -0.05) is 18.6 Å². The second-order valence-corrected chi connectivity index (χ2v) is 5.79. The number of aryl methyl sites for hydroxylation is 1. The predicted octanol–water partition coefficient (Wildman–Crippen LogP) is 3.50. The number of nitriles is 1. The van der Waals surface area contributed by atoms with Crippen molar-refractivity contribution >= 4 is 11.0 Å². The summed E-state index contributed by atoms with van der Waals surface area (Å²) in [6, 6.07) is 10.8. The fourth-order valence-corrected chi connectivity index (χ4v) is 3.28. The normalized spacial score (nSPS) is 17.7. The van der Waals surface area contributed by atoms with E-state index in [4.69, 9.17) is 10.2 Å². The molecule has 0 bridgehead atoms. The van der Waals surface area contributed by atoms with Crippen LogP contribution in [0.25, 0.3) is 11.0 Å². The van der Waals surface area contributed by atoms with Gasteiger partial charge >= 0.3 is 0 Å². The summed E-state index contributed by atoms with van der Waals surface area (Å²) in [5, 5.41) is 8.92. The average molecular weight is 282 g/mol. The number of aromatic nitrogens is 2. The Balaban J connectivity index is 1.97. The van der Waals surface area contributed by atoms with Crippen molar-refractivity contribution in [3.8, 4) is 6.07 Å². The molecule has 1 aliphatic heterocycles. The third-order valence-corrected chi connectivity index (χ3v) is 4.44. The van der Waals surface area contributed by atoms with E-state index in [1.165, 1.54) is 19.3 Å². The van der Waals surface area contributed by atoms with E-state index in [1.54, 1.807) is 0 Å². The lowest BCUT2D eigenvalue weighted by Crippen LogP contribution is -2.33. The van der Waals surface area contributed by atoms with Gasteiger partial charge in [0, 0.05) is 6.54 Å². The third-order valence-electron chi connectivity index (χ3n) is 4.44. The molecule has 3 rings (SSSR count). The number of imidazole rings is 1. The molecule has 0 radical (unpaired) electrons. The minimum atomic E-state index is 0.316. The van der Waals surface area contributed by atoms with E-state index in [0.29, 0.717) is 12.5 Å². The Hall–Kier alpha value is -1.86. The van der Waals surface area contributed by atoms with Crippen LogP contribution in [-0.4, -0.2) is 27.5 Å². The van der Waals surface area contributed by atoms with Crippen LogP contribution in [0.1, 0.15) is 44.5 Å². The largest absolute Gasteiger partial charge is 0.326 e. The molecule has 0 spiro atoms. The molecule has 2 heterocycles. The van der Waals surface area contributed by atoms with Crippen molar-refractivity contribution in [2.75, 3.05) is 13.1 Å². The van der Waals surface area contributed by atoms with E-state index in [1.807, 2.05) is 12.1 Å². The van der Waals surface area contributed by atoms with Crippen LogP contribution in [0.5, 0.6) is 0 Å². The smallest absolute Gasteiger partial charge is 0.127 e. The van der Waals surface area contributed by atoms with Crippen LogP contribution in [0.2, 0.25) is 0 Å². The van der Waals surface area contributed by atoms with E-state index < -0.39 is 0 Å². The maximum atomic E-state index is 8.92. The summed E-state index contributed by atoms with van der Waals surface area (Å²) in [5.41, 5.74) is 2.18. The fourth-order valence-electron chi connectivity index (χ4n) is 3.28. The van der Waals surface area contributed by atoms with E-state index in [-0.39, 0.29) is 0 Å². The van der Waals surface area contributed by atoms with Crippen LogP contribution in [0.4, 0.5) is 0 Å². The van der Waals surface area contributed by atoms with Gasteiger partial charge in [0.15, 0.2) is 0 Å². The van der Waals surface area contributed by atoms with E-state index in [2.05, 4.69) is 34.6 Å². The van der Waals surface area contributed by atoms with Crippen LogP contribution in [-0.2, 0) is 6.54 Å². The van der Waals surface area contributed by atoms with Crippen molar-refractivity contribution in [1.82, 2.24) is 14.5 Å². The summed E-state index contributed by atoms with van der Waals surface area (Å²) >= 11 is 0. The number of likely N-dealkylation sites (tertiary alicyclic amines) is 1. The molecule has 1 unspecified atom stereocenters. The van der Waals surface area contributed by atoms with Gasteiger partial charge in [0.05, 0.1) is 29.6 Å². The quantitative estimate of drug-likeness (QED) is 0.862. The molecule has 0 amide bonds. The SMILES string of the molecule is CC(c1nc2ccccc2n1CCC#N)N1CCCCC1. The second kappa shape index (κ2) is 6.28. The summed E-state index contributed by atoms with van der Waals surface area (Å²) in [6.45, 7) is 5.28. The van der Waals surface area contributed by atoms with E-state index in [0.717, 1.165) is 36.5 Å². The van der Waals surface area contributed by atoms with Crippen molar-refractivity contribution < 1.29 is 0 Å². The van der Waals surface area contributed by atoms with Gasteiger partial charge in [-0.05, 0) is 45.0 Å². The first-order valence-electron chi connectivity index (χ1n) is 7.87. The molecule has 1 aromatic heterocycles. The van der Waals surface area contributed by atoms with Crippen LogP contribution >= 0.6 is 0 Å². The van der Waals surface area contributed by atoms with Gasteiger partial charge in [-0.25, -0.2) is 4.98 Å². The first-order valence-corrected chi connectivity index (χ1v) is 7.87. The molecule has 21 heavy (non-hydrogen) atoms. The lowest BCUT2D eigenvalue weighted by atomic mass is 10.1. The molecular formula is C17H22N4. The highest BCUT2D eigenvalue weighted by atomic mass is 15.2. The number of hydrogen-bond donors (Lipinski definition) is 0. The van der Waals surface area contributed by atoms with Crippen LogP contribution in [0, 0.1) is 11.3 Å². The van der Waals surface area contributed by atoms with Crippen molar-refractivity contribution in [2.24, 2.45) is 0 Å². The molecule has 0 N–H and O–H groups in total. The molecule has 1 aliphatic rings. The van der Waals surface area contributed by atoms with Gasteiger partial charge in [0.1, 0.15) is 5.82 Å². The summed E-state index contributed by atoms with van der Waals surface area (Å²) in [4.78, 5) is 7.37. The Morgan fingerprint density at radius 3 is 2.76 bits per heavy atom. The lowest BCUT2D eigenvalue weighted by molar-refractivity contribution is 0.166. The molecule has 0 aliphatic carbocycles. The maximum Gasteiger partial charge on any atom is 0.127 e. The number of para-hydroxylation sites is 2. The first kappa shape index (κ1) is 14.1. The zero-order valence-electron chi connectivity index (χ0n) is 12.6. The number of benzene rings is 1. The van der Waals surface area contributed by atoms with Gasteiger partial charge in [-0.3, -0.25) is 4.90 Å². The minimum absolute atomic E-state index is 0.316. The number of piperidine rings is 1. The highest BCUT2D eigenvalue weighted by molar-refractivity contribution is 5.76. The Morgan fingerprint density at radius 1 is 1.24 bits per heavy atom. The Kier molecular flexibility index (Phi) is 4.21. The molecule has 4 nitrogen and oxygen atoms in total. The van der Waals surface area contributed by atoms with Crippen molar-refractivity contribution in [3.63, 3.8) is 0 Å². The molecule has 2 aromatic rings. The Bertz CT molecular complexity index is 646. The van der Waals surface area contributed by atoms with E-state index in [9.17, 15) is 0 Å². The first-order chi connectivity index (χ1) is 10.3. The maximum absolute atomic E-state index is 8.92. The summed E-state index contributed by atoms with van der Waals surface area (Å²) in [6.07, 6.45) is 4.43. The standard InChI is InChI=1S/C17H22N4/c1-14(20-11-5-2-6-12-20)17-19-15-8-3-4-9-16(15)21(17)13-7-10-18/h3-4,8-9,14H,2,5-7,11-13H2,1H3. The Morgan fingerprint density at radius 2 is 2.00 bits per heavy atom. The Labute approximate surface area is 126 Å². The monoisotopic (exact) mass is 282 g/mol. The molecule has 1 fully saturated rings. The molecule has 0 saturated carbocycles. The van der Waals surface area contributed by atoms with Crippen molar-refractivity contribution in [1.29, 1.82) is 5.26 Å². The van der Waals surface area contributed by atoms with Crippen LogP contribution in [0.3, 0.4) is 0 Å². The van der Waals surface area contributed by atoms with E-state index >= 15 is 0 Å². The van der Waals surface area contributed by atoms with Gasteiger partial charge in [-0.2, -0.15) is 5.26 Å². The van der Waals surface area contributed by atoms with Gasteiger partial charge in [-0.15, -0.1) is 0 Å². The summed E-state index contributed by atoms with van der Waals surface area (Å²) < 4.78 is 2.23. The molecule has 1 saturated heterocycles. The predicted molar refractivity (Wildman–Crippen MR) is 83.8 cm³/mol. The average Bonchev–Trinajstić information content (AvgIpc) is 2.91. The third kappa shape index (κ3) is 2.79. The highest BCUT2D eigenvalue weighted by Gasteiger charge is 2.23.